The summed E-state index contributed by atoms with van der Waals surface area (Å²) in [6.07, 6.45) is 1.28. The van der Waals surface area contributed by atoms with E-state index in [1.807, 2.05) is 0 Å². The number of fused-ring (bicyclic) bond motifs is 1. The number of hydrogen-bond donors (Lipinski definition) is 1. The van der Waals surface area contributed by atoms with Crippen LogP contribution >= 0.6 is 0 Å². The molecule has 9 nitrogen and oxygen atoms in total. The predicted molar refractivity (Wildman–Crippen MR) is 73.8 cm³/mol. The van der Waals surface area contributed by atoms with Crippen molar-refractivity contribution in [2.75, 3.05) is 17.6 Å². The number of aromatic nitrogens is 2. The fraction of sp³-hybridized carbons (Fsp3) is 0.455. The maximum atomic E-state index is 11.8. The molecule has 21 heavy (non-hydrogen) atoms. The SMILES string of the molecule is O=[N+]([O-])c1ccc(NCC2CCCS2(=O)=O)c2nonc12. The lowest BCUT2D eigenvalue weighted by molar-refractivity contribution is -0.383. The second kappa shape index (κ2) is 4.95. The first-order valence-electron chi connectivity index (χ1n) is 6.34. The van der Waals surface area contributed by atoms with Crippen LogP contribution in [0.3, 0.4) is 0 Å². The molecule has 1 aromatic carbocycles. The van der Waals surface area contributed by atoms with Gasteiger partial charge in [-0.25, -0.2) is 13.0 Å². The molecule has 1 aliphatic rings. The molecule has 0 saturated carbocycles. The van der Waals surface area contributed by atoms with E-state index in [4.69, 9.17) is 0 Å². The summed E-state index contributed by atoms with van der Waals surface area (Å²) in [6, 6.07) is 2.77. The fourth-order valence-electron chi connectivity index (χ4n) is 2.45. The minimum Gasteiger partial charge on any atom is -0.382 e. The fourth-order valence-corrected chi connectivity index (χ4v) is 4.22. The Kier molecular flexibility index (Phi) is 3.24. The Balaban J connectivity index is 1.87. The van der Waals surface area contributed by atoms with E-state index >= 15 is 0 Å². The molecule has 1 atom stereocenters. The van der Waals surface area contributed by atoms with E-state index in [-0.39, 0.29) is 29.0 Å². The van der Waals surface area contributed by atoms with Crippen molar-refractivity contribution in [3.05, 3.63) is 22.2 Å². The van der Waals surface area contributed by atoms with E-state index in [2.05, 4.69) is 20.3 Å². The van der Waals surface area contributed by atoms with Crippen LogP contribution in [-0.4, -0.2) is 41.2 Å². The number of hydrogen-bond acceptors (Lipinski definition) is 8. The van der Waals surface area contributed by atoms with Gasteiger partial charge >= 0.3 is 5.69 Å². The van der Waals surface area contributed by atoms with Gasteiger partial charge in [0.05, 0.1) is 21.6 Å². The van der Waals surface area contributed by atoms with Crippen LogP contribution in [0, 0.1) is 10.1 Å². The zero-order chi connectivity index (χ0) is 15.0. The second-order valence-corrected chi connectivity index (χ2v) is 7.26. The Hall–Kier alpha value is -2.23. The molecular formula is C11H12N4O5S. The van der Waals surface area contributed by atoms with Gasteiger partial charge in [0.2, 0.25) is 5.52 Å². The number of anilines is 1. The molecule has 0 radical (unpaired) electrons. The lowest BCUT2D eigenvalue weighted by atomic mass is 10.2. The van der Waals surface area contributed by atoms with E-state index in [1.165, 1.54) is 12.1 Å². The number of nitro groups is 1. The lowest BCUT2D eigenvalue weighted by Gasteiger charge is -2.11. The van der Waals surface area contributed by atoms with Crippen LogP contribution < -0.4 is 5.32 Å². The van der Waals surface area contributed by atoms with Crippen LogP contribution in [0.4, 0.5) is 11.4 Å². The summed E-state index contributed by atoms with van der Waals surface area (Å²) in [7, 11) is -3.05. The Morgan fingerprint density at radius 2 is 2.14 bits per heavy atom. The number of nitrogens with zero attached hydrogens (tertiary/aromatic N) is 3. The number of rotatable bonds is 4. The first kappa shape index (κ1) is 13.7. The Morgan fingerprint density at radius 1 is 1.38 bits per heavy atom. The highest BCUT2D eigenvalue weighted by molar-refractivity contribution is 7.92. The second-order valence-electron chi connectivity index (χ2n) is 4.86. The highest BCUT2D eigenvalue weighted by Crippen LogP contribution is 2.29. The third kappa shape index (κ3) is 2.42. The number of benzene rings is 1. The maximum absolute atomic E-state index is 11.8. The van der Waals surface area contributed by atoms with E-state index < -0.39 is 20.0 Å². The third-order valence-corrected chi connectivity index (χ3v) is 5.85. The quantitative estimate of drug-likeness (QED) is 0.657. The highest BCUT2D eigenvalue weighted by atomic mass is 32.2. The average molecular weight is 312 g/mol. The Bertz CT molecular complexity index is 800. The summed E-state index contributed by atoms with van der Waals surface area (Å²) < 4.78 is 28.1. The van der Waals surface area contributed by atoms with Crippen molar-refractivity contribution in [3.8, 4) is 0 Å². The molecule has 2 aromatic rings. The van der Waals surface area contributed by atoms with Gasteiger partial charge in [-0.15, -0.1) is 0 Å². The predicted octanol–water partition coefficient (Wildman–Crippen LogP) is 1.12. The normalized spacial score (nSPS) is 20.7. The Morgan fingerprint density at radius 3 is 2.81 bits per heavy atom. The van der Waals surface area contributed by atoms with Gasteiger partial charge in [-0.1, -0.05) is 0 Å². The molecule has 1 unspecified atom stereocenters. The van der Waals surface area contributed by atoms with Crippen molar-refractivity contribution in [2.24, 2.45) is 0 Å². The van der Waals surface area contributed by atoms with Crippen molar-refractivity contribution in [3.63, 3.8) is 0 Å². The summed E-state index contributed by atoms with van der Waals surface area (Å²) in [6.45, 7) is 0.238. The van der Waals surface area contributed by atoms with Crippen LogP contribution in [-0.2, 0) is 9.84 Å². The first-order valence-corrected chi connectivity index (χ1v) is 8.05. The molecule has 3 rings (SSSR count). The van der Waals surface area contributed by atoms with Crippen LogP contribution in [0.5, 0.6) is 0 Å². The zero-order valence-corrected chi connectivity index (χ0v) is 11.7. The third-order valence-electron chi connectivity index (χ3n) is 3.57. The number of sulfone groups is 1. The molecule has 1 saturated heterocycles. The summed E-state index contributed by atoms with van der Waals surface area (Å²) in [5.41, 5.74) is 0.531. The summed E-state index contributed by atoms with van der Waals surface area (Å²) in [5.74, 6) is 0.209. The molecule has 1 aromatic heterocycles. The van der Waals surface area contributed by atoms with Gasteiger partial charge in [0.25, 0.3) is 0 Å². The summed E-state index contributed by atoms with van der Waals surface area (Å²) in [4.78, 5) is 10.3. The van der Waals surface area contributed by atoms with Crippen molar-refractivity contribution < 1.29 is 18.0 Å². The topological polar surface area (TPSA) is 128 Å². The Labute approximate surface area is 119 Å². The molecule has 0 amide bonds. The monoisotopic (exact) mass is 312 g/mol. The maximum Gasteiger partial charge on any atom is 0.300 e. The van der Waals surface area contributed by atoms with Crippen LogP contribution in [0.1, 0.15) is 12.8 Å². The molecule has 112 valence electrons. The van der Waals surface area contributed by atoms with Crippen molar-refractivity contribution >= 4 is 32.2 Å². The van der Waals surface area contributed by atoms with Crippen LogP contribution in [0.2, 0.25) is 0 Å². The lowest BCUT2D eigenvalue weighted by Crippen LogP contribution is -2.25. The molecule has 0 aliphatic carbocycles. The van der Waals surface area contributed by atoms with Gasteiger partial charge in [0.1, 0.15) is 0 Å². The number of nitrogens with one attached hydrogen (secondary N) is 1. The first-order chi connectivity index (χ1) is 9.99. The molecule has 1 N–H and O–H groups in total. The average Bonchev–Trinajstić information content (AvgIpc) is 3.02. The minimum absolute atomic E-state index is 0.0410. The van der Waals surface area contributed by atoms with Crippen LogP contribution in [0.25, 0.3) is 11.0 Å². The van der Waals surface area contributed by atoms with Crippen LogP contribution in [0.15, 0.2) is 16.8 Å². The minimum atomic E-state index is -3.05. The summed E-state index contributed by atoms with van der Waals surface area (Å²) >= 11 is 0. The molecule has 2 heterocycles. The van der Waals surface area contributed by atoms with Crippen molar-refractivity contribution in [2.45, 2.75) is 18.1 Å². The summed E-state index contributed by atoms with van der Waals surface area (Å²) in [5, 5.41) is 20.6. The zero-order valence-electron chi connectivity index (χ0n) is 10.9. The van der Waals surface area contributed by atoms with E-state index in [9.17, 15) is 18.5 Å². The smallest absolute Gasteiger partial charge is 0.300 e. The largest absolute Gasteiger partial charge is 0.382 e. The molecule has 10 heteroatoms. The van der Waals surface area contributed by atoms with E-state index in [0.717, 1.165) is 0 Å². The molecule has 1 aliphatic heterocycles. The molecule has 1 fully saturated rings. The van der Waals surface area contributed by atoms with Gasteiger partial charge < -0.3 is 5.32 Å². The highest BCUT2D eigenvalue weighted by Gasteiger charge is 2.31. The van der Waals surface area contributed by atoms with Gasteiger partial charge in [-0.3, -0.25) is 10.1 Å². The van der Waals surface area contributed by atoms with Gasteiger partial charge in [-0.2, -0.15) is 0 Å². The standard InChI is InChI=1S/C11H12N4O5S/c16-15(17)9-4-3-8(10-11(9)14-20-13-10)12-6-7-2-1-5-21(7,18)19/h3-4,7,12H,1-2,5-6H2. The van der Waals surface area contributed by atoms with Gasteiger partial charge in [0, 0.05) is 12.6 Å². The van der Waals surface area contributed by atoms with Gasteiger partial charge in [-0.05, 0) is 29.2 Å². The van der Waals surface area contributed by atoms with Crippen molar-refractivity contribution in [1.82, 2.24) is 10.3 Å². The molecule has 0 bridgehead atoms. The van der Waals surface area contributed by atoms with E-state index in [1.54, 1.807) is 0 Å². The number of nitro benzene ring substituents is 1. The molecule has 0 spiro atoms. The van der Waals surface area contributed by atoms with E-state index in [0.29, 0.717) is 18.5 Å². The molecular weight excluding hydrogens is 300 g/mol. The van der Waals surface area contributed by atoms with Crippen molar-refractivity contribution in [1.29, 1.82) is 0 Å². The number of non-ortho nitro benzene ring substituents is 1. The van der Waals surface area contributed by atoms with Gasteiger partial charge in [0.15, 0.2) is 15.4 Å².